The van der Waals surface area contributed by atoms with Crippen LogP contribution in [0.2, 0.25) is 0 Å². The Bertz CT molecular complexity index is 1020. The van der Waals surface area contributed by atoms with Crippen LogP contribution in [0.15, 0.2) is 47.8 Å². The number of nitrogens with zero attached hydrogens (tertiary/aromatic N) is 2. The van der Waals surface area contributed by atoms with Gasteiger partial charge in [0.05, 0.1) is 10.6 Å². The number of aryl methyl sites for hydroxylation is 2. The Balaban J connectivity index is 1.99. The van der Waals surface area contributed by atoms with Crippen molar-refractivity contribution in [2.24, 2.45) is 0 Å². The SMILES string of the molecule is CCCCCCc1cc(-c2cccs2)nc(OC(C=O)c2cccc(C)c2)c1C#N. The molecule has 0 aliphatic heterocycles. The Labute approximate surface area is 182 Å². The highest BCUT2D eigenvalue weighted by Crippen LogP contribution is 2.32. The van der Waals surface area contributed by atoms with E-state index in [1.165, 1.54) is 6.42 Å². The predicted octanol–water partition coefficient (Wildman–Crippen LogP) is 6.43. The quantitative estimate of drug-likeness (QED) is 0.281. The Morgan fingerprint density at radius 3 is 2.73 bits per heavy atom. The van der Waals surface area contributed by atoms with Crippen LogP contribution >= 0.6 is 11.3 Å². The molecule has 0 fully saturated rings. The summed E-state index contributed by atoms with van der Waals surface area (Å²) in [5.74, 6) is 0.229. The van der Waals surface area contributed by atoms with Gasteiger partial charge in [-0.15, -0.1) is 11.3 Å². The van der Waals surface area contributed by atoms with Gasteiger partial charge in [0.25, 0.3) is 0 Å². The lowest BCUT2D eigenvalue weighted by Crippen LogP contribution is -2.12. The predicted molar refractivity (Wildman–Crippen MR) is 121 cm³/mol. The van der Waals surface area contributed by atoms with Crippen LogP contribution in [-0.2, 0) is 11.2 Å². The van der Waals surface area contributed by atoms with Crippen LogP contribution in [-0.4, -0.2) is 11.3 Å². The summed E-state index contributed by atoms with van der Waals surface area (Å²) in [6, 6.07) is 15.9. The highest BCUT2D eigenvalue weighted by Gasteiger charge is 2.20. The summed E-state index contributed by atoms with van der Waals surface area (Å²) in [6.45, 7) is 4.15. The summed E-state index contributed by atoms with van der Waals surface area (Å²) in [7, 11) is 0. The zero-order valence-electron chi connectivity index (χ0n) is 17.4. The van der Waals surface area contributed by atoms with E-state index in [4.69, 9.17) is 4.74 Å². The van der Waals surface area contributed by atoms with E-state index in [2.05, 4.69) is 18.0 Å². The van der Waals surface area contributed by atoms with E-state index in [1.807, 2.05) is 54.8 Å². The monoisotopic (exact) mass is 418 g/mol. The van der Waals surface area contributed by atoms with Crippen LogP contribution in [0.5, 0.6) is 5.88 Å². The average molecular weight is 419 g/mol. The first-order valence-electron chi connectivity index (χ1n) is 10.3. The molecule has 0 radical (unpaired) electrons. The summed E-state index contributed by atoms with van der Waals surface area (Å²) in [4.78, 5) is 17.5. The molecule has 1 unspecified atom stereocenters. The van der Waals surface area contributed by atoms with Gasteiger partial charge in [0.1, 0.15) is 11.6 Å². The molecular formula is C25H26N2O2S. The number of pyridine rings is 1. The van der Waals surface area contributed by atoms with Crippen molar-refractivity contribution in [1.29, 1.82) is 5.26 Å². The van der Waals surface area contributed by atoms with Crippen molar-refractivity contribution in [3.8, 4) is 22.5 Å². The third-order valence-corrected chi connectivity index (χ3v) is 5.88. The molecule has 1 atom stereocenters. The number of ether oxygens (including phenoxy) is 1. The highest BCUT2D eigenvalue weighted by atomic mass is 32.1. The number of thiophene rings is 1. The molecule has 2 aromatic heterocycles. The molecule has 0 aliphatic rings. The second-order valence-electron chi connectivity index (χ2n) is 7.34. The Morgan fingerprint density at radius 1 is 1.20 bits per heavy atom. The van der Waals surface area contributed by atoms with E-state index in [0.717, 1.165) is 59.2 Å². The smallest absolute Gasteiger partial charge is 0.233 e. The molecule has 0 aliphatic carbocycles. The second-order valence-corrected chi connectivity index (χ2v) is 8.28. The fraction of sp³-hybridized carbons (Fsp3) is 0.320. The van der Waals surface area contributed by atoms with Gasteiger partial charge in [0.15, 0.2) is 12.4 Å². The lowest BCUT2D eigenvalue weighted by molar-refractivity contribution is -0.114. The van der Waals surface area contributed by atoms with Crippen LogP contribution in [0.1, 0.15) is 61.0 Å². The number of benzene rings is 1. The Kier molecular flexibility index (Phi) is 7.75. The molecule has 0 spiro atoms. The first kappa shape index (κ1) is 21.7. The number of aromatic nitrogens is 1. The van der Waals surface area contributed by atoms with Crippen molar-refractivity contribution in [2.75, 3.05) is 0 Å². The first-order valence-corrected chi connectivity index (χ1v) is 11.2. The molecule has 2 heterocycles. The summed E-state index contributed by atoms with van der Waals surface area (Å²) in [6.07, 6.45) is 5.20. The van der Waals surface area contributed by atoms with E-state index in [1.54, 1.807) is 11.3 Å². The Hall–Kier alpha value is -2.97. The molecule has 3 aromatic rings. The molecule has 1 aromatic carbocycles. The molecular weight excluding hydrogens is 392 g/mol. The highest BCUT2D eigenvalue weighted by molar-refractivity contribution is 7.13. The van der Waals surface area contributed by atoms with Gasteiger partial charge in [-0.2, -0.15) is 5.26 Å². The van der Waals surface area contributed by atoms with Gasteiger partial charge < -0.3 is 4.74 Å². The number of nitriles is 1. The number of hydrogen-bond donors (Lipinski definition) is 0. The summed E-state index contributed by atoms with van der Waals surface area (Å²) < 4.78 is 6.04. The Morgan fingerprint density at radius 2 is 2.07 bits per heavy atom. The van der Waals surface area contributed by atoms with Gasteiger partial charge in [-0.05, 0) is 48.4 Å². The topological polar surface area (TPSA) is 63.0 Å². The molecule has 30 heavy (non-hydrogen) atoms. The van der Waals surface area contributed by atoms with Crippen molar-refractivity contribution in [3.63, 3.8) is 0 Å². The maximum Gasteiger partial charge on any atom is 0.233 e. The van der Waals surface area contributed by atoms with E-state index in [9.17, 15) is 10.1 Å². The normalized spacial score (nSPS) is 11.6. The molecule has 3 rings (SSSR count). The van der Waals surface area contributed by atoms with E-state index >= 15 is 0 Å². The van der Waals surface area contributed by atoms with Gasteiger partial charge in [0, 0.05) is 0 Å². The third-order valence-electron chi connectivity index (χ3n) is 4.99. The standard InChI is InChI=1S/C25H26N2O2S/c1-3-4-5-6-10-19-15-22(24-12-8-13-30-24)27-25(21(19)16-26)29-23(17-28)20-11-7-9-18(2)14-20/h7-9,11-15,17,23H,3-6,10H2,1-2H3. The minimum Gasteiger partial charge on any atom is -0.461 e. The zero-order chi connectivity index (χ0) is 21.3. The fourth-order valence-corrected chi connectivity index (χ4v) is 4.09. The van der Waals surface area contributed by atoms with Gasteiger partial charge >= 0.3 is 0 Å². The molecule has 0 saturated carbocycles. The van der Waals surface area contributed by atoms with E-state index in [-0.39, 0.29) is 5.88 Å². The van der Waals surface area contributed by atoms with Crippen molar-refractivity contribution in [1.82, 2.24) is 4.98 Å². The largest absolute Gasteiger partial charge is 0.461 e. The molecule has 0 amide bonds. The van der Waals surface area contributed by atoms with Crippen LogP contribution in [0.4, 0.5) is 0 Å². The van der Waals surface area contributed by atoms with Crippen molar-refractivity contribution in [2.45, 2.75) is 52.1 Å². The van der Waals surface area contributed by atoms with Crippen molar-refractivity contribution in [3.05, 3.63) is 70.1 Å². The van der Waals surface area contributed by atoms with Gasteiger partial charge in [0.2, 0.25) is 5.88 Å². The second kappa shape index (κ2) is 10.7. The molecule has 154 valence electrons. The first-order chi connectivity index (χ1) is 14.7. The van der Waals surface area contributed by atoms with E-state index in [0.29, 0.717) is 5.56 Å². The third kappa shape index (κ3) is 5.34. The number of unbranched alkanes of at least 4 members (excludes halogenated alkanes) is 3. The van der Waals surface area contributed by atoms with Crippen molar-refractivity contribution < 1.29 is 9.53 Å². The lowest BCUT2D eigenvalue weighted by Gasteiger charge is -2.17. The molecule has 0 N–H and O–H groups in total. The van der Waals surface area contributed by atoms with Gasteiger partial charge in [-0.3, -0.25) is 4.79 Å². The lowest BCUT2D eigenvalue weighted by atomic mass is 10.0. The van der Waals surface area contributed by atoms with Gasteiger partial charge in [-0.25, -0.2) is 4.98 Å². The minimum absolute atomic E-state index is 0.229. The van der Waals surface area contributed by atoms with E-state index < -0.39 is 6.10 Å². The molecule has 0 bridgehead atoms. The van der Waals surface area contributed by atoms with Crippen LogP contribution in [0.25, 0.3) is 10.6 Å². The fourth-order valence-electron chi connectivity index (χ4n) is 3.41. The van der Waals surface area contributed by atoms with Gasteiger partial charge in [-0.1, -0.05) is 62.1 Å². The van der Waals surface area contributed by atoms with Crippen molar-refractivity contribution >= 4 is 17.6 Å². The molecule has 5 heteroatoms. The number of aldehydes is 1. The number of hydrogen-bond acceptors (Lipinski definition) is 5. The number of rotatable bonds is 10. The number of carbonyl (C=O) groups excluding carboxylic acids is 1. The van der Waals surface area contributed by atoms with Crippen LogP contribution in [0.3, 0.4) is 0 Å². The van der Waals surface area contributed by atoms with Crippen LogP contribution < -0.4 is 4.74 Å². The molecule has 4 nitrogen and oxygen atoms in total. The summed E-state index contributed by atoms with van der Waals surface area (Å²) in [5, 5.41) is 11.9. The maximum absolute atomic E-state index is 11.8. The zero-order valence-corrected chi connectivity index (χ0v) is 18.2. The summed E-state index contributed by atoms with van der Waals surface area (Å²) in [5.41, 5.74) is 3.92. The average Bonchev–Trinajstić information content (AvgIpc) is 3.29. The molecule has 0 saturated heterocycles. The summed E-state index contributed by atoms with van der Waals surface area (Å²) >= 11 is 1.59. The number of carbonyl (C=O) groups is 1. The van der Waals surface area contributed by atoms with Crippen LogP contribution in [0, 0.1) is 18.3 Å². The minimum atomic E-state index is -0.809. The maximum atomic E-state index is 11.8.